The first-order valence-corrected chi connectivity index (χ1v) is 9.97. The summed E-state index contributed by atoms with van der Waals surface area (Å²) < 4.78 is 11.0. The summed E-state index contributed by atoms with van der Waals surface area (Å²) >= 11 is 0. The maximum Gasteiger partial charge on any atom is 0.253 e. The van der Waals surface area contributed by atoms with Crippen LogP contribution in [0.15, 0.2) is 47.1 Å². The van der Waals surface area contributed by atoms with Crippen molar-refractivity contribution in [2.75, 3.05) is 46.9 Å². The summed E-state index contributed by atoms with van der Waals surface area (Å²) in [5, 5.41) is 3.04. The Balaban J connectivity index is 1.50. The summed E-state index contributed by atoms with van der Waals surface area (Å²) in [5.74, 6) is 0.831. The van der Waals surface area contributed by atoms with Gasteiger partial charge in [0.1, 0.15) is 5.76 Å². The number of ether oxygens (including phenoxy) is 1. The molecule has 0 saturated carbocycles. The van der Waals surface area contributed by atoms with Gasteiger partial charge in [0.2, 0.25) is 5.91 Å². The van der Waals surface area contributed by atoms with Crippen molar-refractivity contribution in [3.63, 3.8) is 0 Å². The second-order valence-corrected chi connectivity index (χ2v) is 7.38. The highest BCUT2D eigenvalue weighted by molar-refractivity contribution is 5.93. The van der Waals surface area contributed by atoms with E-state index in [0.717, 1.165) is 24.4 Å². The summed E-state index contributed by atoms with van der Waals surface area (Å²) in [6, 6.07) is 11.3. The molecule has 1 fully saturated rings. The number of nitrogens with zero attached hydrogens (tertiary/aromatic N) is 2. The van der Waals surface area contributed by atoms with Gasteiger partial charge in [0, 0.05) is 45.7 Å². The minimum Gasteiger partial charge on any atom is -0.468 e. The number of morpholine rings is 1. The van der Waals surface area contributed by atoms with Crippen molar-refractivity contribution in [1.29, 1.82) is 0 Å². The topological polar surface area (TPSA) is 75.0 Å². The average Bonchev–Trinajstić information content (AvgIpc) is 3.27. The van der Waals surface area contributed by atoms with E-state index in [9.17, 15) is 9.59 Å². The lowest BCUT2D eigenvalue weighted by Gasteiger charge is -2.33. The number of hydrogen-bond acceptors (Lipinski definition) is 5. The van der Waals surface area contributed by atoms with Crippen LogP contribution in [0.1, 0.15) is 34.1 Å². The molecule has 3 rings (SSSR count). The number of benzene rings is 1. The second-order valence-electron chi connectivity index (χ2n) is 7.38. The molecule has 0 radical (unpaired) electrons. The van der Waals surface area contributed by atoms with Crippen molar-refractivity contribution >= 4 is 11.8 Å². The molecule has 1 atom stereocenters. The third-order valence-electron chi connectivity index (χ3n) is 5.10. The minimum atomic E-state index is -0.0265. The molecular weight excluding hydrogens is 370 g/mol. The van der Waals surface area contributed by atoms with Crippen molar-refractivity contribution in [1.82, 2.24) is 15.1 Å². The van der Waals surface area contributed by atoms with Crippen molar-refractivity contribution in [2.24, 2.45) is 0 Å². The van der Waals surface area contributed by atoms with Crippen molar-refractivity contribution in [3.05, 3.63) is 59.5 Å². The third-order valence-corrected chi connectivity index (χ3v) is 5.10. The fourth-order valence-corrected chi connectivity index (χ4v) is 3.41. The van der Waals surface area contributed by atoms with Gasteiger partial charge in [0.15, 0.2) is 0 Å². The summed E-state index contributed by atoms with van der Waals surface area (Å²) in [5.41, 5.74) is 1.68. The Labute approximate surface area is 171 Å². The molecular formula is C22H29N3O4. The van der Waals surface area contributed by atoms with Gasteiger partial charge in [-0.25, -0.2) is 0 Å². The number of furan rings is 1. The predicted octanol–water partition coefficient (Wildman–Crippen LogP) is 2.10. The Morgan fingerprint density at radius 3 is 2.48 bits per heavy atom. The largest absolute Gasteiger partial charge is 0.468 e. The molecule has 1 aromatic carbocycles. The van der Waals surface area contributed by atoms with E-state index in [1.165, 1.54) is 0 Å². The first-order chi connectivity index (χ1) is 14.0. The van der Waals surface area contributed by atoms with E-state index in [1.807, 2.05) is 24.3 Å². The van der Waals surface area contributed by atoms with Crippen LogP contribution in [0.4, 0.5) is 0 Å². The van der Waals surface area contributed by atoms with Crippen LogP contribution in [-0.4, -0.2) is 68.6 Å². The molecule has 1 unspecified atom stereocenters. The van der Waals surface area contributed by atoms with Crippen LogP contribution in [0.2, 0.25) is 0 Å². The predicted molar refractivity (Wildman–Crippen MR) is 110 cm³/mol. The lowest BCUT2D eigenvalue weighted by Crippen LogP contribution is -2.43. The first kappa shape index (κ1) is 21.1. The van der Waals surface area contributed by atoms with Gasteiger partial charge in [-0.2, -0.15) is 0 Å². The zero-order valence-corrected chi connectivity index (χ0v) is 17.1. The lowest BCUT2D eigenvalue weighted by atomic mass is 10.1. The Bertz CT molecular complexity index is 781. The van der Waals surface area contributed by atoms with E-state index in [2.05, 4.69) is 10.2 Å². The monoisotopic (exact) mass is 399 g/mol. The van der Waals surface area contributed by atoms with Crippen LogP contribution >= 0.6 is 0 Å². The van der Waals surface area contributed by atoms with Crippen LogP contribution in [0.3, 0.4) is 0 Å². The second kappa shape index (κ2) is 10.2. The molecule has 2 amide bonds. The molecule has 1 aromatic heterocycles. The van der Waals surface area contributed by atoms with Gasteiger partial charge >= 0.3 is 0 Å². The zero-order valence-electron chi connectivity index (χ0n) is 17.1. The smallest absolute Gasteiger partial charge is 0.253 e. The highest BCUT2D eigenvalue weighted by Gasteiger charge is 2.25. The molecule has 0 spiro atoms. The summed E-state index contributed by atoms with van der Waals surface area (Å²) in [6.45, 7) is 3.52. The molecule has 2 aromatic rings. The standard InChI is InChI=1S/C22H29N3O4/c1-24(2)22(27)18-8-5-17(6-9-18)7-10-21(26)23-16-19(20-4-3-13-29-20)25-11-14-28-15-12-25/h3-6,8-9,13,19H,7,10-12,14-16H2,1-2H3,(H,23,26). The molecule has 7 heteroatoms. The van der Waals surface area contributed by atoms with Gasteiger partial charge in [0.25, 0.3) is 5.91 Å². The summed E-state index contributed by atoms with van der Waals surface area (Å²) in [6.07, 6.45) is 2.69. The van der Waals surface area contributed by atoms with Crippen molar-refractivity contribution < 1.29 is 18.7 Å². The molecule has 7 nitrogen and oxygen atoms in total. The van der Waals surface area contributed by atoms with E-state index >= 15 is 0 Å². The van der Waals surface area contributed by atoms with Crippen molar-refractivity contribution in [2.45, 2.75) is 18.9 Å². The number of nitrogens with one attached hydrogen (secondary N) is 1. The van der Waals surface area contributed by atoms with E-state index in [1.54, 1.807) is 37.4 Å². The summed E-state index contributed by atoms with van der Waals surface area (Å²) in [7, 11) is 3.46. The zero-order chi connectivity index (χ0) is 20.6. The highest BCUT2D eigenvalue weighted by atomic mass is 16.5. The number of rotatable bonds is 8. The van der Waals surface area contributed by atoms with Crippen LogP contribution < -0.4 is 5.32 Å². The fourth-order valence-electron chi connectivity index (χ4n) is 3.41. The first-order valence-electron chi connectivity index (χ1n) is 9.97. The highest BCUT2D eigenvalue weighted by Crippen LogP contribution is 2.21. The number of carbonyl (C=O) groups excluding carboxylic acids is 2. The lowest BCUT2D eigenvalue weighted by molar-refractivity contribution is -0.121. The quantitative estimate of drug-likeness (QED) is 0.736. The number of hydrogen-bond donors (Lipinski definition) is 1. The summed E-state index contributed by atoms with van der Waals surface area (Å²) in [4.78, 5) is 28.2. The van der Waals surface area contributed by atoms with Crippen LogP contribution in [0.25, 0.3) is 0 Å². The normalized spacial score (nSPS) is 15.7. The molecule has 1 N–H and O–H groups in total. The Hall–Kier alpha value is -2.64. The maximum atomic E-state index is 12.4. The Kier molecular flexibility index (Phi) is 7.43. The molecule has 1 aliphatic rings. The number of carbonyl (C=O) groups is 2. The van der Waals surface area contributed by atoms with E-state index in [-0.39, 0.29) is 17.9 Å². The van der Waals surface area contributed by atoms with E-state index in [0.29, 0.717) is 38.2 Å². The Morgan fingerprint density at radius 1 is 1.14 bits per heavy atom. The average molecular weight is 399 g/mol. The van der Waals surface area contributed by atoms with Crippen LogP contribution in [0, 0.1) is 0 Å². The number of amides is 2. The number of aryl methyl sites for hydroxylation is 1. The van der Waals surface area contributed by atoms with E-state index in [4.69, 9.17) is 9.15 Å². The molecule has 156 valence electrons. The van der Waals surface area contributed by atoms with Gasteiger partial charge in [0.05, 0.1) is 25.5 Å². The van der Waals surface area contributed by atoms with E-state index < -0.39 is 0 Å². The molecule has 1 saturated heterocycles. The molecule has 0 aliphatic carbocycles. The van der Waals surface area contributed by atoms with Gasteiger partial charge in [-0.15, -0.1) is 0 Å². The van der Waals surface area contributed by atoms with Crippen LogP contribution in [-0.2, 0) is 16.0 Å². The molecule has 29 heavy (non-hydrogen) atoms. The van der Waals surface area contributed by atoms with Crippen molar-refractivity contribution in [3.8, 4) is 0 Å². The maximum absolute atomic E-state index is 12.4. The van der Waals surface area contributed by atoms with Crippen LogP contribution in [0.5, 0.6) is 0 Å². The van der Waals surface area contributed by atoms with Gasteiger partial charge in [-0.05, 0) is 36.2 Å². The fraction of sp³-hybridized carbons (Fsp3) is 0.455. The SMILES string of the molecule is CN(C)C(=O)c1ccc(CCC(=O)NCC(c2ccco2)N2CCOCC2)cc1. The Morgan fingerprint density at radius 2 is 1.86 bits per heavy atom. The van der Waals surface area contributed by atoms with Gasteiger partial charge in [-0.3, -0.25) is 14.5 Å². The molecule has 1 aliphatic heterocycles. The molecule has 0 bridgehead atoms. The van der Waals surface area contributed by atoms with Gasteiger partial charge in [-0.1, -0.05) is 12.1 Å². The minimum absolute atomic E-state index is 0.00302. The molecule has 2 heterocycles. The third kappa shape index (κ3) is 5.92. The van der Waals surface area contributed by atoms with Gasteiger partial charge < -0.3 is 19.4 Å².